The molecular formula is C10H17N3OS. The Bertz CT molecular complexity index is 350. The summed E-state index contributed by atoms with van der Waals surface area (Å²) in [4.78, 5) is 6.55. The molecule has 0 spiro atoms. The van der Waals surface area contributed by atoms with Crippen LogP contribution in [-0.4, -0.2) is 29.8 Å². The predicted molar refractivity (Wildman–Crippen MR) is 63.4 cm³/mol. The second kappa shape index (κ2) is 3.64. The van der Waals surface area contributed by atoms with Crippen LogP contribution in [0.2, 0.25) is 0 Å². The number of nitrogens with zero attached hydrogens (tertiary/aromatic N) is 2. The summed E-state index contributed by atoms with van der Waals surface area (Å²) in [6.45, 7) is 8.05. The molecule has 1 aliphatic rings. The molecule has 0 aliphatic carbocycles. The van der Waals surface area contributed by atoms with Gasteiger partial charge in [-0.25, -0.2) is 4.98 Å². The Hall–Kier alpha value is -0.810. The van der Waals surface area contributed by atoms with Crippen LogP contribution < -0.4 is 10.6 Å². The molecule has 1 aliphatic heterocycles. The van der Waals surface area contributed by atoms with Crippen LogP contribution in [0.5, 0.6) is 0 Å². The van der Waals surface area contributed by atoms with E-state index in [9.17, 15) is 0 Å². The maximum atomic E-state index is 5.84. The van der Waals surface area contributed by atoms with Gasteiger partial charge in [0.25, 0.3) is 0 Å². The molecule has 5 heteroatoms. The summed E-state index contributed by atoms with van der Waals surface area (Å²) >= 11 is 1.53. The highest BCUT2D eigenvalue weighted by atomic mass is 32.1. The Labute approximate surface area is 94.1 Å². The standard InChI is InChI=1S/C10H17N3OS/c1-7-5-13(6-10(2,3)14-7)9-12-4-8(11)15-9/h4,7H,5-6,11H2,1-3H3. The van der Waals surface area contributed by atoms with E-state index in [-0.39, 0.29) is 11.7 Å². The van der Waals surface area contributed by atoms with Crippen LogP contribution >= 0.6 is 11.3 Å². The van der Waals surface area contributed by atoms with Gasteiger partial charge in [-0.2, -0.15) is 0 Å². The number of anilines is 2. The smallest absolute Gasteiger partial charge is 0.187 e. The molecule has 1 aromatic rings. The average molecular weight is 227 g/mol. The first-order valence-electron chi connectivity index (χ1n) is 5.10. The Morgan fingerprint density at radius 1 is 1.67 bits per heavy atom. The second-order valence-corrected chi connectivity index (χ2v) is 5.65. The number of thiazole rings is 1. The van der Waals surface area contributed by atoms with Crippen molar-refractivity contribution in [2.45, 2.75) is 32.5 Å². The second-order valence-electron chi connectivity index (χ2n) is 4.61. The van der Waals surface area contributed by atoms with Crippen molar-refractivity contribution >= 4 is 21.5 Å². The number of nitrogens with two attached hydrogens (primary N) is 1. The van der Waals surface area contributed by atoms with Crippen molar-refractivity contribution in [1.82, 2.24) is 4.98 Å². The van der Waals surface area contributed by atoms with Crippen molar-refractivity contribution in [3.8, 4) is 0 Å². The number of hydrogen-bond donors (Lipinski definition) is 1. The molecule has 1 fully saturated rings. The summed E-state index contributed by atoms with van der Waals surface area (Å²) in [7, 11) is 0. The monoisotopic (exact) mass is 227 g/mol. The fourth-order valence-electron chi connectivity index (χ4n) is 2.02. The Kier molecular flexibility index (Phi) is 2.60. The molecule has 1 atom stereocenters. The van der Waals surface area contributed by atoms with Gasteiger partial charge in [0.1, 0.15) is 5.00 Å². The molecule has 1 saturated heterocycles. The number of hydrogen-bond acceptors (Lipinski definition) is 5. The lowest BCUT2D eigenvalue weighted by Gasteiger charge is -2.41. The fraction of sp³-hybridized carbons (Fsp3) is 0.700. The highest BCUT2D eigenvalue weighted by molar-refractivity contribution is 7.19. The van der Waals surface area contributed by atoms with Gasteiger partial charge in [0.15, 0.2) is 5.13 Å². The van der Waals surface area contributed by atoms with Crippen molar-refractivity contribution in [2.75, 3.05) is 23.7 Å². The van der Waals surface area contributed by atoms with E-state index in [0.717, 1.165) is 23.2 Å². The lowest BCUT2D eigenvalue weighted by atomic mass is 10.1. The molecule has 1 unspecified atom stereocenters. The molecule has 0 aromatic carbocycles. The van der Waals surface area contributed by atoms with Crippen LogP contribution in [0.15, 0.2) is 6.20 Å². The molecule has 2 rings (SSSR count). The molecular weight excluding hydrogens is 210 g/mol. The van der Waals surface area contributed by atoms with Gasteiger partial charge in [-0.3, -0.25) is 0 Å². The van der Waals surface area contributed by atoms with Crippen LogP contribution in [0.3, 0.4) is 0 Å². The van der Waals surface area contributed by atoms with Crippen LogP contribution in [0.4, 0.5) is 10.1 Å². The summed E-state index contributed by atoms with van der Waals surface area (Å²) in [5.41, 5.74) is 5.57. The van der Waals surface area contributed by atoms with Gasteiger partial charge in [-0.15, -0.1) is 0 Å². The van der Waals surface area contributed by atoms with Crippen molar-refractivity contribution in [1.29, 1.82) is 0 Å². The van der Waals surface area contributed by atoms with E-state index in [2.05, 4.69) is 30.7 Å². The van der Waals surface area contributed by atoms with Gasteiger partial charge < -0.3 is 15.4 Å². The predicted octanol–water partition coefficient (Wildman–Crippen LogP) is 1.73. The summed E-state index contributed by atoms with van der Waals surface area (Å²) in [6.07, 6.45) is 1.95. The zero-order valence-electron chi connectivity index (χ0n) is 9.36. The Morgan fingerprint density at radius 2 is 2.40 bits per heavy atom. The van der Waals surface area contributed by atoms with Crippen LogP contribution in [-0.2, 0) is 4.74 Å². The van der Waals surface area contributed by atoms with Gasteiger partial charge in [0.05, 0.1) is 17.9 Å². The Balaban J connectivity index is 2.16. The molecule has 2 heterocycles. The van der Waals surface area contributed by atoms with E-state index < -0.39 is 0 Å². The molecule has 0 saturated carbocycles. The summed E-state index contributed by atoms with van der Waals surface area (Å²) in [5.74, 6) is 0. The van der Waals surface area contributed by atoms with E-state index in [1.54, 1.807) is 6.20 Å². The van der Waals surface area contributed by atoms with Crippen molar-refractivity contribution in [3.63, 3.8) is 0 Å². The number of aromatic nitrogens is 1. The van der Waals surface area contributed by atoms with Crippen LogP contribution in [0.25, 0.3) is 0 Å². The number of morpholine rings is 1. The average Bonchev–Trinajstić information content (AvgIpc) is 2.48. The van der Waals surface area contributed by atoms with E-state index in [4.69, 9.17) is 10.5 Å². The highest BCUT2D eigenvalue weighted by Crippen LogP contribution is 2.29. The van der Waals surface area contributed by atoms with Gasteiger partial charge in [-0.05, 0) is 20.8 Å². The third-order valence-corrected chi connectivity index (χ3v) is 3.24. The minimum Gasteiger partial charge on any atom is -0.389 e. The molecule has 0 bridgehead atoms. The Morgan fingerprint density at radius 3 is 2.93 bits per heavy atom. The number of ether oxygens (including phenoxy) is 1. The fourth-order valence-corrected chi connectivity index (χ4v) is 2.71. The minimum absolute atomic E-state index is 0.113. The minimum atomic E-state index is -0.113. The number of rotatable bonds is 1. The van der Waals surface area contributed by atoms with Gasteiger partial charge in [-0.1, -0.05) is 11.3 Å². The summed E-state index contributed by atoms with van der Waals surface area (Å²) in [6, 6.07) is 0. The van der Waals surface area contributed by atoms with E-state index in [0.29, 0.717) is 0 Å². The molecule has 2 N–H and O–H groups in total. The number of nitrogen functional groups attached to an aromatic ring is 1. The SMILES string of the molecule is CC1CN(c2ncc(N)s2)CC(C)(C)O1. The maximum Gasteiger partial charge on any atom is 0.187 e. The van der Waals surface area contributed by atoms with E-state index in [1.165, 1.54) is 11.3 Å². The lowest BCUT2D eigenvalue weighted by molar-refractivity contribution is -0.0749. The molecule has 1 aromatic heterocycles. The maximum absolute atomic E-state index is 5.84. The lowest BCUT2D eigenvalue weighted by Crippen LogP contribution is -2.52. The molecule has 84 valence electrons. The van der Waals surface area contributed by atoms with Crippen LogP contribution in [0, 0.1) is 0 Å². The first-order valence-corrected chi connectivity index (χ1v) is 5.92. The molecule has 0 amide bonds. The first kappa shape index (κ1) is 10.7. The van der Waals surface area contributed by atoms with Crippen molar-refractivity contribution in [2.24, 2.45) is 0 Å². The van der Waals surface area contributed by atoms with Gasteiger partial charge in [0.2, 0.25) is 0 Å². The third kappa shape index (κ3) is 2.41. The zero-order valence-corrected chi connectivity index (χ0v) is 10.2. The largest absolute Gasteiger partial charge is 0.389 e. The molecule has 4 nitrogen and oxygen atoms in total. The summed E-state index contributed by atoms with van der Waals surface area (Å²) < 4.78 is 5.84. The highest BCUT2D eigenvalue weighted by Gasteiger charge is 2.32. The normalized spacial score (nSPS) is 25.5. The molecule has 0 radical (unpaired) electrons. The quantitative estimate of drug-likeness (QED) is 0.794. The summed E-state index contributed by atoms with van der Waals surface area (Å²) in [5, 5.41) is 1.76. The van der Waals surface area contributed by atoms with E-state index in [1.807, 2.05) is 0 Å². The third-order valence-electron chi connectivity index (χ3n) is 2.35. The van der Waals surface area contributed by atoms with Gasteiger partial charge in [0, 0.05) is 13.1 Å². The van der Waals surface area contributed by atoms with Gasteiger partial charge >= 0.3 is 0 Å². The van der Waals surface area contributed by atoms with Crippen molar-refractivity contribution < 1.29 is 4.74 Å². The zero-order chi connectivity index (χ0) is 11.1. The van der Waals surface area contributed by atoms with Crippen molar-refractivity contribution in [3.05, 3.63) is 6.20 Å². The topological polar surface area (TPSA) is 51.4 Å². The van der Waals surface area contributed by atoms with E-state index >= 15 is 0 Å². The molecule has 15 heavy (non-hydrogen) atoms. The van der Waals surface area contributed by atoms with Crippen LogP contribution in [0.1, 0.15) is 20.8 Å². The first-order chi connectivity index (χ1) is 6.96.